The van der Waals surface area contributed by atoms with Gasteiger partial charge in [0.05, 0.1) is 11.8 Å². The van der Waals surface area contributed by atoms with Gasteiger partial charge in [0.15, 0.2) is 16.6 Å². The van der Waals surface area contributed by atoms with Gasteiger partial charge in [-0.1, -0.05) is 61.0 Å². The van der Waals surface area contributed by atoms with E-state index in [9.17, 15) is 0 Å². The fraction of sp³-hybridized carbons (Fsp3) is 0.735. The molecule has 3 saturated carbocycles. The highest BCUT2D eigenvalue weighted by molar-refractivity contribution is 6.70. The Morgan fingerprint density at radius 1 is 0.925 bits per heavy atom. The van der Waals surface area contributed by atoms with Gasteiger partial charge in [-0.05, 0) is 125 Å². The van der Waals surface area contributed by atoms with Crippen LogP contribution in [0.5, 0.6) is 0 Å². The Balaban J connectivity index is 1.38. The summed E-state index contributed by atoms with van der Waals surface area (Å²) in [6.45, 7) is 21.9. The summed E-state index contributed by atoms with van der Waals surface area (Å²) in [5, 5.41) is 4.77. The van der Waals surface area contributed by atoms with Gasteiger partial charge >= 0.3 is 0 Å². The zero-order chi connectivity index (χ0) is 28.9. The quantitative estimate of drug-likeness (QED) is 0.133. The lowest BCUT2D eigenvalue weighted by Crippen LogP contribution is -2.51. The van der Waals surface area contributed by atoms with Gasteiger partial charge in [-0.2, -0.15) is 0 Å². The number of oxime groups is 1. The van der Waals surface area contributed by atoms with E-state index < -0.39 is 16.6 Å². The molecule has 4 nitrogen and oxygen atoms in total. The maximum atomic E-state index is 7.00. The maximum absolute atomic E-state index is 7.00. The highest BCUT2D eigenvalue weighted by Crippen LogP contribution is 2.67. The van der Waals surface area contributed by atoms with Gasteiger partial charge < -0.3 is 13.7 Å². The van der Waals surface area contributed by atoms with Crippen LogP contribution < -0.4 is 0 Å². The molecule has 4 aliphatic rings. The second-order valence-electron chi connectivity index (χ2n) is 15.9. The van der Waals surface area contributed by atoms with E-state index in [1.165, 1.54) is 38.5 Å². The van der Waals surface area contributed by atoms with E-state index in [0.717, 1.165) is 29.5 Å². The molecule has 5 rings (SSSR count). The second kappa shape index (κ2) is 11.1. The first-order valence-electron chi connectivity index (χ1n) is 16.0. The predicted octanol–water partition coefficient (Wildman–Crippen LogP) is 9.21. The smallest absolute Gasteiger partial charge is 0.184 e. The van der Waals surface area contributed by atoms with Crippen molar-refractivity contribution >= 4 is 22.3 Å². The zero-order valence-corrected chi connectivity index (χ0v) is 28.8. The lowest BCUT2D eigenvalue weighted by atomic mass is 9.47. The molecule has 0 radical (unpaired) electrons. The van der Waals surface area contributed by atoms with Gasteiger partial charge in [0.1, 0.15) is 6.61 Å². The molecule has 0 amide bonds. The van der Waals surface area contributed by atoms with Crippen LogP contribution in [-0.2, 0) is 20.3 Å². The van der Waals surface area contributed by atoms with Crippen molar-refractivity contribution in [1.82, 2.24) is 0 Å². The average molecular weight is 582 g/mol. The van der Waals surface area contributed by atoms with Crippen LogP contribution in [0.15, 0.2) is 47.1 Å². The van der Waals surface area contributed by atoms with Crippen LogP contribution in [0.25, 0.3) is 0 Å². The standard InChI is InChI=1S/C34H55NO3Si2/c1-24(35-36-23-25-13-11-10-12-14-25)32-31(38-40(7,8)9)22-30-28-16-15-26-21-27(37-39(4,5)6)17-19-33(26,2)29(28)18-20-34(30,32)3/h10-15,27-32H,16-23H2,1-9H3/b35-24-/t27-,28+,29-,30-,31+,32-,33-,34-/m0/s1. The van der Waals surface area contributed by atoms with E-state index >= 15 is 0 Å². The minimum Gasteiger partial charge on any atom is -0.414 e. The third kappa shape index (κ3) is 6.11. The lowest BCUT2D eigenvalue weighted by molar-refractivity contribution is -0.0418. The lowest BCUT2D eigenvalue weighted by Gasteiger charge is -2.58. The molecule has 4 aliphatic carbocycles. The topological polar surface area (TPSA) is 40.0 Å². The van der Waals surface area contributed by atoms with Crippen molar-refractivity contribution in [2.45, 2.75) is 124 Å². The molecule has 222 valence electrons. The fourth-order valence-corrected chi connectivity index (χ4v) is 11.7. The third-order valence-electron chi connectivity index (χ3n) is 10.8. The molecule has 1 aromatic rings. The van der Waals surface area contributed by atoms with Crippen LogP contribution in [-0.4, -0.2) is 34.6 Å². The number of hydrogen-bond donors (Lipinski definition) is 0. The van der Waals surface area contributed by atoms with Crippen molar-refractivity contribution in [1.29, 1.82) is 0 Å². The van der Waals surface area contributed by atoms with Crippen molar-refractivity contribution in [3.63, 3.8) is 0 Å². The molecule has 0 N–H and O–H groups in total. The number of benzene rings is 1. The summed E-state index contributed by atoms with van der Waals surface area (Å²) >= 11 is 0. The summed E-state index contributed by atoms with van der Waals surface area (Å²) in [5.41, 5.74) is 4.54. The van der Waals surface area contributed by atoms with Gasteiger partial charge in [-0.25, -0.2) is 0 Å². The van der Waals surface area contributed by atoms with E-state index in [2.05, 4.69) is 90.4 Å². The molecule has 0 aliphatic heterocycles. The molecule has 8 atom stereocenters. The zero-order valence-electron chi connectivity index (χ0n) is 26.8. The summed E-state index contributed by atoms with van der Waals surface area (Å²) in [5.74, 6) is 2.50. The molecule has 0 spiro atoms. The highest BCUT2D eigenvalue weighted by atomic mass is 28.4. The molecular weight excluding hydrogens is 527 g/mol. The van der Waals surface area contributed by atoms with Crippen molar-refractivity contribution in [2.24, 2.45) is 39.7 Å². The number of allylic oxidation sites excluding steroid dienone is 1. The predicted molar refractivity (Wildman–Crippen MR) is 171 cm³/mol. The Morgan fingerprint density at radius 3 is 2.30 bits per heavy atom. The molecule has 6 heteroatoms. The van der Waals surface area contributed by atoms with Crippen molar-refractivity contribution < 1.29 is 13.7 Å². The normalized spacial score (nSPS) is 38.2. The molecule has 0 unspecified atom stereocenters. The van der Waals surface area contributed by atoms with Gasteiger partial charge in [0, 0.05) is 12.0 Å². The second-order valence-corrected chi connectivity index (χ2v) is 24.8. The third-order valence-corrected chi connectivity index (χ3v) is 12.9. The summed E-state index contributed by atoms with van der Waals surface area (Å²) < 4.78 is 13.6. The first kappa shape index (κ1) is 30.2. The fourth-order valence-electron chi connectivity index (χ4n) is 9.37. The Morgan fingerprint density at radius 2 is 1.62 bits per heavy atom. The Kier molecular flexibility index (Phi) is 8.41. The monoisotopic (exact) mass is 581 g/mol. The van der Waals surface area contributed by atoms with Crippen LogP contribution >= 0.6 is 0 Å². The molecule has 3 fully saturated rings. The van der Waals surface area contributed by atoms with E-state index in [4.69, 9.17) is 18.8 Å². The van der Waals surface area contributed by atoms with Crippen molar-refractivity contribution in [3.05, 3.63) is 47.5 Å². The van der Waals surface area contributed by atoms with Crippen molar-refractivity contribution in [3.8, 4) is 0 Å². The van der Waals surface area contributed by atoms with Gasteiger partial charge in [-0.15, -0.1) is 0 Å². The molecule has 0 aromatic heterocycles. The number of rotatable bonds is 8. The highest BCUT2D eigenvalue weighted by Gasteiger charge is 2.62. The largest absolute Gasteiger partial charge is 0.414 e. The Bertz CT molecular complexity index is 1110. The molecule has 0 saturated heterocycles. The summed E-state index contributed by atoms with van der Waals surface area (Å²) in [6, 6.07) is 10.4. The first-order valence-corrected chi connectivity index (χ1v) is 22.8. The minimum atomic E-state index is -1.72. The van der Waals surface area contributed by atoms with E-state index in [1.54, 1.807) is 5.57 Å². The molecular formula is C34H55NO3Si2. The maximum Gasteiger partial charge on any atom is 0.184 e. The summed E-state index contributed by atoms with van der Waals surface area (Å²) in [6.07, 6.45) is 12.0. The van der Waals surface area contributed by atoms with Crippen LogP contribution in [0.3, 0.4) is 0 Å². The summed E-state index contributed by atoms with van der Waals surface area (Å²) in [4.78, 5) is 5.96. The summed E-state index contributed by atoms with van der Waals surface area (Å²) in [7, 11) is -3.25. The number of hydrogen-bond acceptors (Lipinski definition) is 4. The van der Waals surface area contributed by atoms with E-state index in [1.807, 2.05) is 6.07 Å². The minimum absolute atomic E-state index is 0.203. The Hall–Kier alpha value is -1.22. The molecule has 0 bridgehead atoms. The molecule has 0 heterocycles. The SMILES string of the molecule is C/C(=N/OCc1ccccc1)[C@H]1[C@H](O[Si](C)(C)C)C[C@H]2[C@@H]3CC=C4C[C@@H](O[Si](C)(C)C)CC[C@]4(C)[C@H]3CC[C@@]21C. The van der Waals surface area contributed by atoms with Crippen LogP contribution in [0.4, 0.5) is 0 Å². The average Bonchev–Trinajstić information content (AvgIpc) is 3.14. The van der Waals surface area contributed by atoms with Gasteiger partial charge in [0.2, 0.25) is 0 Å². The van der Waals surface area contributed by atoms with Crippen LogP contribution in [0.1, 0.15) is 71.3 Å². The van der Waals surface area contributed by atoms with Gasteiger partial charge in [0.25, 0.3) is 0 Å². The Labute approximate surface area is 246 Å². The number of fused-ring (bicyclic) bond motifs is 5. The molecule has 1 aromatic carbocycles. The molecule has 40 heavy (non-hydrogen) atoms. The number of nitrogens with zero attached hydrogens (tertiary/aromatic N) is 1. The van der Waals surface area contributed by atoms with Crippen LogP contribution in [0, 0.1) is 34.5 Å². The first-order chi connectivity index (χ1) is 18.7. The van der Waals surface area contributed by atoms with E-state index in [0.29, 0.717) is 30.0 Å². The van der Waals surface area contributed by atoms with Crippen LogP contribution in [0.2, 0.25) is 39.3 Å². The van der Waals surface area contributed by atoms with Crippen molar-refractivity contribution in [2.75, 3.05) is 0 Å². The van der Waals surface area contributed by atoms with E-state index in [-0.39, 0.29) is 11.5 Å². The van der Waals surface area contributed by atoms with Gasteiger partial charge in [-0.3, -0.25) is 0 Å².